The van der Waals surface area contributed by atoms with Crippen LogP contribution in [0.1, 0.15) is 56.0 Å². The molecule has 1 aliphatic carbocycles. The number of rotatable bonds is 7. The van der Waals surface area contributed by atoms with Crippen LogP contribution in [0.25, 0.3) is 33.3 Å². The Balaban J connectivity index is 0.986. The first kappa shape index (κ1) is 29.8. The number of nitrogens with zero attached hydrogens (tertiary/aromatic N) is 7. The molecule has 1 amide bonds. The van der Waals surface area contributed by atoms with E-state index in [2.05, 4.69) is 42.7 Å². The Hall–Kier alpha value is -4.55. The van der Waals surface area contributed by atoms with Crippen LogP contribution in [0.3, 0.4) is 0 Å². The Morgan fingerprint density at radius 2 is 1.83 bits per heavy atom. The summed E-state index contributed by atoms with van der Waals surface area (Å²) < 4.78 is 13.3. The fourth-order valence-corrected chi connectivity index (χ4v) is 7.72. The van der Waals surface area contributed by atoms with Crippen LogP contribution in [0, 0.1) is 0 Å². The first-order chi connectivity index (χ1) is 23.1. The van der Waals surface area contributed by atoms with E-state index in [1.54, 1.807) is 7.11 Å². The van der Waals surface area contributed by atoms with Crippen molar-refractivity contribution in [3.05, 3.63) is 60.2 Å². The van der Waals surface area contributed by atoms with Crippen LogP contribution in [0.5, 0.6) is 5.75 Å². The summed E-state index contributed by atoms with van der Waals surface area (Å²) in [7, 11) is 1.69. The van der Waals surface area contributed by atoms with Crippen LogP contribution < -0.4 is 10.5 Å². The van der Waals surface area contributed by atoms with E-state index in [-0.39, 0.29) is 18.1 Å². The number of hydrogen-bond donors (Lipinski definition) is 2. The molecule has 1 saturated carbocycles. The fraction of sp³-hybridized carbons (Fsp3) is 0.457. The molecular weight excluding hydrogens is 594 g/mol. The number of H-pyrrole nitrogens is 1. The van der Waals surface area contributed by atoms with Gasteiger partial charge in [-0.25, -0.2) is 19.6 Å². The van der Waals surface area contributed by atoms with Crippen molar-refractivity contribution in [2.75, 3.05) is 45.6 Å². The molecule has 3 aromatic heterocycles. The summed E-state index contributed by atoms with van der Waals surface area (Å²) in [6.45, 7) is 4.11. The molecule has 2 aromatic carbocycles. The standard InChI is InChI=1S/C35H41N9O3/c1-46-28-6-3-2-5-22(28)20-30-39-26-13-8-23(19-27(26)40-30)32-31-33(36)37-21-38-34(31)44(41-32)25-11-9-24(10-12-25)42-14-16-43(17-15-42)35(45)29-7-4-18-47-29/h2-3,5-6,8,13,19,21,24-25,29H,4,7,9-12,14-18,20H2,1H3,(H,39,40)(H2,36,37,38)/t24-,25+,29?. The number of benzene rings is 2. The molecule has 3 N–H and O–H groups in total. The highest BCUT2D eigenvalue weighted by molar-refractivity contribution is 5.99. The Bertz CT molecular complexity index is 1900. The molecule has 12 nitrogen and oxygen atoms in total. The summed E-state index contributed by atoms with van der Waals surface area (Å²) in [5.41, 5.74) is 11.9. The molecule has 3 fully saturated rings. The number of para-hydroxylation sites is 1. The maximum Gasteiger partial charge on any atom is 0.251 e. The van der Waals surface area contributed by atoms with Crippen LogP contribution in [-0.4, -0.2) is 97.5 Å². The summed E-state index contributed by atoms with van der Waals surface area (Å²) in [5.74, 6) is 2.32. The Morgan fingerprint density at radius 1 is 1.02 bits per heavy atom. The van der Waals surface area contributed by atoms with Gasteiger partial charge >= 0.3 is 0 Å². The van der Waals surface area contributed by atoms with Gasteiger partial charge in [-0.1, -0.05) is 24.3 Å². The molecule has 1 atom stereocenters. The van der Waals surface area contributed by atoms with Gasteiger partial charge in [-0.05, 0) is 56.7 Å². The summed E-state index contributed by atoms with van der Waals surface area (Å²) in [6.07, 6.45) is 7.94. The van der Waals surface area contributed by atoms with Crippen molar-refractivity contribution < 1.29 is 14.3 Å². The minimum absolute atomic E-state index is 0.174. The number of nitrogens with one attached hydrogen (secondary N) is 1. The number of aromatic nitrogens is 6. The van der Waals surface area contributed by atoms with Crippen molar-refractivity contribution in [2.24, 2.45) is 0 Å². The highest BCUT2D eigenvalue weighted by Gasteiger charge is 2.34. The van der Waals surface area contributed by atoms with Gasteiger partial charge in [-0.15, -0.1) is 0 Å². The molecule has 3 aliphatic rings. The monoisotopic (exact) mass is 635 g/mol. The van der Waals surface area contributed by atoms with Crippen molar-refractivity contribution in [1.82, 2.24) is 39.5 Å². The summed E-state index contributed by atoms with van der Waals surface area (Å²) in [6, 6.07) is 14.9. The van der Waals surface area contributed by atoms with Gasteiger partial charge in [-0.2, -0.15) is 5.10 Å². The normalized spacial score (nSPS) is 22.3. The fourth-order valence-electron chi connectivity index (χ4n) is 7.72. The zero-order valence-electron chi connectivity index (χ0n) is 26.8. The average molecular weight is 636 g/mol. The number of imidazole rings is 1. The molecule has 2 saturated heterocycles. The summed E-state index contributed by atoms with van der Waals surface area (Å²) >= 11 is 0. The van der Waals surface area contributed by atoms with Gasteiger partial charge in [0.15, 0.2) is 5.65 Å². The van der Waals surface area contributed by atoms with E-state index in [0.717, 1.165) is 115 Å². The minimum Gasteiger partial charge on any atom is -0.496 e. The maximum atomic E-state index is 12.8. The number of ether oxygens (including phenoxy) is 2. The minimum atomic E-state index is -0.230. The number of nitrogen functional groups attached to an aromatic ring is 1. The lowest BCUT2D eigenvalue weighted by molar-refractivity contribution is -0.143. The lowest BCUT2D eigenvalue weighted by Crippen LogP contribution is -2.54. The number of amides is 1. The van der Waals surface area contributed by atoms with Crippen LogP contribution in [0.2, 0.25) is 0 Å². The quantitative estimate of drug-likeness (QED) is 0.267. The highest BCUT2D eigenvalue weighted by atomic mass is 16.5. The Morgan fingerprint density at radius 3 is 2.62 bits per heavy atom. The molecule has 0 spiro atoms. The van der Waals surface area contributed by atoms with E-state index >= 15 is 0 Å². The summed E-state index contributed by atoms with van der Waals surface area (Å²) in [5, 5.41) is 5.95. The molecule has 2 aliphatic heterocycles. The van der Waals surface area contributed by atoms with E-state index in [1.165, 1.54) is 6.33 Å². The molecule has 5 heterocycles. The summed E-state index contributed by atoms with van der Waals surface area (Å²) in [4.78, 5) is 34.8. The Kier molecular flexibility index (Phi) is 7.98. The SMILES string of the molecule is COc1ccccc1Cc1nc2cc(-c3nn([C@H]4CC[C@@H](N5CCN(C(=O)C6CCCO6)CC5)CC4)c4ncnc(N)c34)ccc2[nH]1. The smallest absolute Gasteiger partial charge is 0.251 e. The third-order valence-electron chi connectivity index (χ3n) is 10.2. The molecular formula is C35H41N9O3. The van der Waals surface area contributed by atoms with Gasteiger partial charge in [0.2, 0.25) is 0 Å². The van der Waals surface area contributed by atoms with E-state index in [9.17, 15) is 4.79 Å². The van der Waals surface area contributed by atoms with Crippen molar-refractivity contribution >= 4 is 33.8 Å². The number of carbonyl (C=O) groups is 1. The number of piperazine rings is 1. The first-order valence-corrected chi connectivity index (χ1v) is 16.8. The van der Waals surface area contributed by atoms with Crippen LogP contribution >= 0.6 is 0 Å². The zero-order chi connectivity index (χ0) is 31.9. The van der Waals surface area contributed by atoms with E-state index in [1.807, 2.05) is 29.2 Å². The number of hydrogen-bond acceptors (Lipinski definition) is 9. The number of fused-ring (bicyclic) bond motifs is 2. The van der Waals surface area contributed by atoms with Crippen LogP contribution in [0.15, 0.2) is 48.8 Å². The second-order valence-corrected chi connectivity index (χ2v) is 13.0. The second kappa shape index (κ2) is 12.6. The number of aromatic amines is 1. The predicted molar refractivity (Wildman–Crippen MR) is 179 cm³/mol. The van der Waals surface area contributed by atoms with Gasteiger partial charge in [0.1, 0.15) is 35.5 Å². The molecule has 47 heavy (non-hydrogen) atoms. The number of carbonyl (C=O) groups excluding carboxylic acids is 1. The molecule has 5 aromatic rings. The third kappa shape index (κ3) is 5.69. The third-order valence-corrected chi connectivity index (χ3v) is 10.2. The molecule has 1 unspecified atom stereocenters. The van der Waals surface area contributed by atoms with Gasteiger partial charge in [0.25, 0.3) is 5.91 Å². The molecule has 0 bridgehead atoms. The van der Waals surface area contributed by atoms with Gasteiger partial charge in [0, 0.05) is 56.4 Å². The average Bonchev–Trinajstić information content (AvgIpc) is 3.88. The largest absolute Gasteiger partial charge is 0.496 e. The van der Waals surface area contributed by atoms with E-state index in [4.69, 9.17) is 25.3 Å². The number of methoxy groups -OCH3 is 1. The van der Waals surface area contributed by atoms with Gasteiger partial charge in [-0.3, -0.25) is 9.69 Å². The first-order valence-electron chi connectivity index (χ1n) is 16.8. The number of anilines is 1. The van der Waals surface area contributed by atoms with Crippen LogP contribution in [0.4, 0.5) is 5.82 Å². The predicted octanol–water partition coefficient (Wildman–Crippen LogP) is 4.36. The molecule has 12 heteroatoms. The lowest BCUT2D eigenvalue weighted by atomic mass is 9.90. The van der Waals surface area contributed by atoms with E-state index in [0.29, 0.717) is 24.9 Å². The van der Waals surface area contributed by atoms with E-state index < -0.39 is 0 Å². The number of nitrogens with two attached hydrogens (primary N) is 1. The molecule has 0 radical (unpaired) electrons. The van der Waals surface area contributed by atoms with Gasteiger partial charge in [0.05, 0.1) is 29.6 Å². The van der Waals surface area contributed by atoms with Crippen molar-refractivity contribution in [3.8, 4) is 17.0 Å². The topological polar surface area (TPSA) is 140 Å². The van der Waals surface area contributed by atoms with Crippen LogP contribution in [-0.2, 0) is 16.0 Å². The highest BCUT2D eigenvalue weighted by Crippen LogP contribution is 2.38. The zero-order valence-corrected chi connectivity index (χ0v) is 26.8. The van der Waals surface area contributed by atoms with Crippen molar-refractivity contribution in [1.29, 1.82) is 0 Å². The van der Waals surface area contributed by atoms with Gasteiger partial charge < -0.3 is 25.1 Å². The maximum absolute atomic E-state index is 12.8. The lowest BCUT2D eigenvalue weighted by Gasteiger charge is -2.42. The molecule has 244 valence electrons. The van der Waals surface area contributed by atoms with Crippen molar-refractivity contribution in [2.45, 2.75) is 63.1 Å². The molecule has 8 rings (SSSR count). The van der Waals surface area contributed by atoms with Crippen molar-refractivity contribution in [3.63, 3.8) is 0 Å². The second-order valence-electron chi connectivity index (χ2n) is 13.0. The Labute approximate surface area is 273 Å².